The highest BCUT2D eigenvalue weighted by Gasteiger charge is 2.73. The number of benzene rings is 1. The molecule has 1 aromatic rings. The van der Waals surface area contributed by atoms with Crippen molar-refractivity contribution in [2.24, 2.45) is 5.73 Å². The fourth-order valence-corrected chi connectivity index (χ4v) is 4.14. The van der Waals surface area contributed by atoms with Crippen LogP contribution in [0.2, 0.25) is 0 Å². The van der Waals surface area contributed by atoms with Gasteiger partial charge in [0.2, 0.25) is 0 Å². The number of hydrogen-bond donors (Lipinski definition) is 2. The summed E-state index contributed by atoms with van der Waals surface area (Å²) in [7, 11) is -3.62. The zero-order valence-electron chi connectivity index (χ0n) is 9.50. The number of rotatable bonds is 3. The van der Waals surface area contributed by atoms with Crippen molar-refractivity contribution in [3.63, 3.8) is 0 Å². The van der Waals surface area contributed by atoms with Crippen molar-refractivity contribution < 1.29 is 22.7 Å². The minimum atomic E-state index is -3.62. The SMILES string of the molecule is CS(=O)(=O)[C@@H]1[C@H](c2cccc(F)c2)[C@]1(N)C(=O)O. The molecule has 5 nitrogen and oxygen atoms in total. The van der Waals surface area contributed by atoms with Gasteiger partial charge in [0.05, 0.1) is 5.25 Å². The van der Waals surface area contributed by atoms with Gasteiger partial charge in [-0.2, -0.15) is 0 Å². The van der Waals surface area contributed by atoms with Gasteiger partial charge in [-0.05, 0) is 17.7 Å². The Morgan fingerprint density at radius 1 is 1.50 bits per heavy atom. The summed E-state index contributed by atoms with van der Waals surface area (Å²) >= 11 is 0. The third-order valence-electron chi connectivity index (χ3n) is 3.22. The Labute approximate surface area is 103 Å². The van der Waals surface area contributed by atoms with Crippen LogP contribution in [-0.2, 0) is 14.6 Å². The second-order valence-electron chi connectivity index (χ2n) is 4.52. The average Bonchev–Trinajstić information content (AvgIpc) is 2.86. The van der Waals surface area contributed by atoms with E-state index in [1.54, 1.807) is 0 Å². The lowest BCUT2D eigenvalue weighted by atomic mass is 10.1. The Morgan fingerprint density at radius 2 is 2.11 bits per heavy atom. The first-order valence-corrected chi connectivity index (χ1v) is 7.11. The van der Waals surface area contributed by atoms with Gasteiger partial charge in [0.15, 0.2) is 9.84 Å². The zero-order chi connectivity index (χ0) is 13.7. The van der Waals surface area contributed by atoms with Crippen molar-refractivity contribution in [1.29, 1.82) is 0 Å². The number of carboxylic acids is 1. The molecule has 1 aliphatic rings. The summed E-state index contributed by atoms with van der Waals surface area (Å²) in [6.45, 7) is 0. The maximum Gasteiger partial charge on any atom is 0.325 e. The van der Waals surface area contributed by atoms with Gasteiger partial charge in [-0.15, -0.1) is 0 Å². The van der Waals surface area contributed by atoms with Crippen LogP contribution in [0.5, 0.6) is 0 Å². The molecule has 1 aromatic carbocycles. The third kappa shape index (κ3) is 1.79. The molecule has 3 atom stereocenters. The van der Waals surface area contributed by atoms with E-state index >= 15 is 0 Å². The Morgan fingerprint density at radius 3 is 2.50 bits per heavy atom. The van der Waals surface area contributed by atoms with Crippen LogP contribution in [0.3, 0.4) is 0 Å². The van der Waals surface area contributed by atoms with E-state index in [2.05, 4.69) is 0 Å². The fourth-order valence-electron chi connectivity index (χ4n) is 2.38. The van der Waals surface area contributed by atoms with Gasteiger partial charge < -0.3 is 10.8 Å². The van der Waals surface area contributed by atoms with Gasteiger partial charge in [0.25, 0.3) is 0 Å². The molecule has 0 bridgehead atoms. The maximum absolute atomic E-state index is 13.1. The monoisotopic (exact) mass is 273 g/mol. The minimum absolute atomic E-state index is 0.287. The molecule has 0 saturated heterocycles. The summed E-state index contributed by atoms with van der Waals surface area (Å²) < 4.78 is 36.2. The number of carbonyl (C=O) groups is 1. The molecule has 0 spiro atoms. The van der Waals surface area contributed by atoms with Crippen molar-refractivity contribution in [3.05, 3.63) is 35.6 Å². The van der Waals surface area contributed by atoms with Gasteiger partial charge in [0.1, 0.15) is 11.4 Å². The molecule has 7 heteroatoms. The summed E-state index contributed by atoms with van der Waals surface area (Å²) in [6, 6.07) is 5.18. The second-order valence-corrected chi connectivity index (χ2v) is 6.69. The quantitative estimate of drug-likeness (QED) is 0.815. The highest BCUT2D eigenvalue weighted by Crippen LogP contribution is 2.54. The predicted octanol–water partition coefficient (Wildman–Crippen LogP) is 0.118. The average molecular weight is 273 g/mol. The number of aliphatic carboxylic acids is 1. The van der Waals surface area contributed by atoms with Crippen LogP contribution in [0.15, 0.2) is 24.3 Å². The molecule has 2 rings (SSSR count). The van der Waals surface area contributed by atoms with Crippen LogP contribution in [0.1, 0.15) is 11.5 Å². The molecule has 3 N–H and O–H groups in total. The molecule has 0 radical (unpaired) electrons. The van der Waals surface area contributed by atoms with E-state index in [1.807, 2.05) is 0 Å². The molecule has 1 fully saturated rings. The Kier molecular flexibility index (Phi) is 2.71. The van der Waals surface area contributed by atoms with Crippen LogP contribution >= 0.6 is 0 Å². The van der Waals surface area contributed by atoms with E-state index in [4.69, 9.17) is 10.8 Å². The normalized spacial score (nSPS) is 31.1. The van der Waals surface area contributed by atoms with Gasteiger partial charge in [-0.1, -0.05) is 12.1 Å². The lowest BCUT2D eigenvalue weighted by Crippen LogP contribution is -2.39. The molecular formula is C11H12FNO4S. The summed E-state index contributed by atoms with van der Waals surface area (Å²) in [5.74, 6) is -2.87. The molecule has 0 heterocycles. The van der Waals surface area contributed by atoms with Gasteiger partial charge in [-0.3, -0.25) is 4.79 Å². The highest BCUT2D eigenvalue weighted by molar-refractivity contribution is 7.91. The van der Waals surface area contributed by atoms with E-state index in [0.717, 1.165) is 12.3 Å². The summed E-state index contributed by atoms with van der Waals surface area (Å²) in [5, 5.41) is 7.85. The molecule has 0 unspecified atom stereocenters. The third-order valence-corrected chi connectivity index (χ3v) is 4.80. The fraction of sp³-hybridized carbons (Fsp3) is 0.364. The van der Waals surface area contributed by atoms with Gasteiger partial charge in [0, 0.05) is 12.2 Å². The number of halogens is 1. The number of carboxylic acid groups (broad SMARTS) is 1. The van der Waals surface area contributed by atoms with E-state index in [-0.39, 0.29) is 5.56 Å². The predicted molar refractivity (Wildman–Crippen MR) is 62.3 cm³/mol. The first kappa shape index (κ1) is 13.0. The van der Waals surface area contributed by atoms with Crippen molar-refractivity contribution in [2.75, 3.05) is 6.26 Å². The Bertz CT molecular complexity index is 615. The highest BCUT2D eigenvalue weighted by atomic mass is 32.2. The molecule has 98 valence electrons. The molecule has 1 saturated carbocycles. The Hall–Kier alpha value is -1.47. The van der Waals surface area contributed by atoms with Crippen LogP contribution in [0, 0.1) is 5.82 Å². The number of nitrogens with two attached hydrogens (primary N) is 1. The Balaban J connectivity index is 2.49. The van der Waals surface area contributed by atoms with Crippen molar-refractivity contribution in [2.45, 2.75) is 16.7 Å². The molecule has 0 aromatic heterocycles. The van der Waals surface area contributed by atoms with Crippen LogP contribution in [-0.4, -0.2) is 36.5 Å². The molecule has 0 amide bonds. The lowest BCUT2D eigenvalue weighted by Gasteiger charge is -2.04. The van der Waals surface area contributed by atoms with Gasteiger partial charge in [-0.25, -0.2) is 12.8 Å². The smallest absolute Gasteiger partial charge is 0.325 e. The van der Waals surface area contributed by atoms with Crippen LogP contribution in [0.4, 0.5) is 4.39 Å². The number of hydrogen-bond acceptors (Lipinski definition) is 4. The van der Waals surface area contributed by atoms with Crippen LogP contribution in [0.25, 0.3) is 0 Å². The molecule has 0 aliphatic heterocycles. The molecule has 18 heavy (non-hydrogen) atoms. The van der Waals surface area contributed by atoms with Crippen molar-refractivity contribution >= 4 is 15.8 Å². The molecular weight excluding hydrogens is 261 g/mol. The van der Waals surface area contributed by atoms with E-state index in [0.29, 0.717) is 0 Å². The summed E-state index contributed by atoms with van der Waals surface area (Å²) in [6.07, 6.45) is 0.932. The van der Waals surface area contributed by atoms with Gasteiger partial charge >= 0.3 is 5.97 Å². The minimum Gasteiger partial charge on any atom is -0.480 e. The van der Waals surface area contributed by atoms with Crippen molar-refractivity contribution in [3.8, 4) is 0 Å². The largest absolute Gasteiger partial charge is 0.480 e. The molecule has 1 aliphatic carbocycles. The number of sulfone groups is 1. The first-order valence-electron chi connectivity index (χ1n) is 5.15. The van der Waals surface area contributed by atoms with Crippen molar-refractivity contribution in [1.82, 2.24) is 0 Å². The summed E-state index contributed by atoms with van der Waals surface area (Å²) in [5.41, 5.74) is 4.06. The second kappa shape index (κ2) is 3.76. The summed E-state index contributed by atoms with van der Waals surface area (Å²) in [4.78, 5) is 11.1. The van der Waals surface area contributed by atoms with E-state index in [1.165, 1.54) is 18.2 Å². The van der Waals surface area contributed by atoms with Crippen LogP contribution < -0.4 is 5.73 Å². The van der Waals surface area contributed by atoms with E-state index < -0.39 is 38.3 Å². The zero-order valence-corrected chi connectivity index (χ0v) is 10.3. The van der Waals surface area contributed by atoms with E-state index in [9.17, 15) is 17.6 Å². The topological polar surface area (TPSA) is 97.5 Å². The lowest BCUT2D eigenvalue weighted by molar-refractivity contribution is -0.139. The first-order chi connectivity index (χ1) is 8.19. The maximum atomic E-state index is 13.1. The standard InChI is InChI=1S/C11H12FNO4S/c1-18(16,17)9-8(11(9,13)10(14)15)6-3-2-4-7(12)5-6/h2-5,8-9H,13H2,1H3,(H,14,15)/t8-,9+,11+/m0/s1.